The average Bonchev–Trinajstić information content (AvgIpc) is 3.52. The van der Waals surface area contributed by atoms with Crippen LogP contribution in [-0.2, 0) is 5.75 Å². The molecular weight excluding hydrogens is 482 g/mol. The Morgan fingerprint density at radius 2 is 1.83 bits per heavy atom. The van der Waals surface area contributed by atoms with Crippen LogP contribution in [0, 0.1) is 6.92 Å². The van der Waals surface area contributed by atoms with Gasteiger partial charge in [0.05, 0.1) is 28.5 Å². The summed E-state index contributed by atoms with van der Waals surface area (Å²) in [6.45, 7) is 2.01. The van der Waals surface area contributed by atoms with Crippen molar-refractivity contribution in [2.24, 2.45) is 0 Å². The molecule has 0 spiro atoms. The van der Waals surface area contributed by atoms with E-state index < -0.39 is 0 Å². The molecule has 0 bridgehead atoms. The van der Waals surface area contributed by atoms with E-state index in [2.05, 4.69) is 15.2 Å². The SMILES string of the molecule is Cc1ccc(-n2c(=O)c3ccccc3n3c(SCc4ncc(-c5cccc(Cl)c5)o4)nnc23)cc1. The van der Waals surface area contributed by atoms with Crippen LogP contribution in [0.25, 0.3) is 33.7 Å². The molecule has 0 saturated carbocycles. The van der Waals surface area contributed by atoms with Gasteiger partial charge in [-0.3, -0.25) is 9.20 Å². The summed E-state index contributed by atoms with van der Waals surface area (Å²) in [7, 11) is 0. The lowest BCUT2D eigenvalue weighted by molar-refractivity contribution is 0.530. The molecule has 3 heterocycles. The van der Waals surface area contributed by atoms with Gasteiger partial charge in [0, 0.05) is 10.6 Å². The van der Waals surface area contributed by atoms with E-state index in [1.54, 1.807) is 10.8 Å². The van der Waals surface area contributed by atoms with Crippen LogP contribution in [0.4, 0.5) is 0 Å². The van der Waals surface area contributed by atoms with Gasteiger partial charge >= 0.3 is 0 Å². The van der Waals surface area contributed by atoms with E-state index in [1.165, 1.54) is 11.8 Å². The number of para-hydroxylation sites is 1. The predicted octanol–water partition coefficient (Wildman–Crippen LogP) is 5.94. The van der Waals surface area contributed by atoms with Crippen LogP contribution in [0.3, 0.4) is 0 Å². The second kappa shape index (κ2) is 8.72. The van der Waals surface area contributed by atoms with E-state index in [0.717, 1.165) is 22.3 Å². The Balaban J connectivity index is 1.41. The van der Waals surface area contributed by atoms with Crippen molar-refractivity contribution < 1.29 is 4.42 Å². The summed E-state index contributed by atoms with van der Waals surface area (Å²) in [6.07, 6.45) is 1.69. The van der Waals surface area contributed by atoms with Gasteiger partial charge in [-0.05, 0) is 43.3 Å². The molecule has 172 valence electrons. The quantitative estimate of drug-likeness (QED) is 0.273. The smallest absolute Gasteiger partial charge is 0.267 e. The van der Waals surface area contributed by atoms with E-state index >= 15 is 0 Å². The van der Waals surface area contributed by atoms with Gasteiger partial charge in [-0.1, -0.05) is 65.3 Å². The second-order valence-corrected chi connectivity index (χ2v) is 9.41. The highest BCUT2D eigenvalue weighted by Gasteiger charge is 2.18. The number of aryl methyl sites for hydroxylation is 1. The fraction of sp³-hybridized carbons (Fsp3) is 0.0769. The maximum Gasteiger partial charge on any atom is 0.267 e. The first kappa shape index (κ1) is 21.6. The van der Waals surface area contributed by atoms with Gasteiger partial charge in [0.15, 0.2) is 10.9 Å². The van der Waals surface area contributed by atoms with Crippen molar-refractivity contribution in [2.75, 3.05) is 0 Å². The molecular formula is C26H18ClN5O2S. The van der Waals surface area contributed by atoms with Crippen molar-refractivity contribution in [3.8, 4) is 17.0 Å². The summed E-state index contributed by atoms with van der Waals surface area (Å²) in [5.41, 5.74) is 3.32. The van der Waals surface area contributed by atoms with Crippen LogP contribution < -0.4 is 5.56 Å². The van der Waals surface area contributed by atoms with Crippen molar-refractivity contribution in [2.45, 2.75) is 17.8 Å². The van der Waals surface area contributed by atoms with E-state index in [9.17, 15) is 4.79 Å². The number of aromatic nitrogens is 5. The number of halogens is 1. The number of benzene rings is 3. The zero-order chi connectivity index (χ0) is 23.9. The molecule has 7 nitrogen and oxygen atoms in total. The Morgan fingerprint density at radius 3 is 2.66 bits per heavy atom. The first-order valence-corrected chi connectivity index (χ1v) is 12.2. The predicted molar refractivity (Wildman–Crippen MR) is 137 cm³/mol. The summed E-state index contributed by atoms with van der Waals surface area (Å²) in [5.74, 6) is 2.09. The Morgan fingerprint density at radius 1 is 1.00 bits per heavy atom. The second-order valence-electron chi connectivity index (χ2n) is 8.03. The molecule has 35 heavy (non-hydrogen) atoms. The summed E-state index contributed by atoms with van der Waals surface area (Å²) in [4.78, 5) is 17.8. The van der Waals surface area contributed by atoms with Crippen LogP contribution in [0.15, 0.2) is 93.4 Å². The lowest BCUT2D eigenvalue weighted by atomic mass is 10.2. The standard InChI is InChI=1S/C26H18ClN5O2S/c1-16-9-11-19(12-10-16)31-24(33)20-7-2-3-8-21(20)32-25(31)29-30-26(32)35-15-23-28-14-22(34-23)17-5-4-6-18(27)13-17/h2-14H,15H2,1H3. The van der Waals surface area contributed by atoms with Crippen molar-refractivity contribution in [3.63, 3.8) is 0 Å². The highest BCUT2D eigenvalue weighted by molar-refractivity contribution is 7.98. The minimum absolute atomic E-state index is 0.139. The normalized spacial score (nSPS) is 11.5. The molecule has 3 aromatic carbocycles. The van der Waals surface area contributed by atoms with Crippen LogP contribution in [0.1, 0.15) is 11.5 Å². The van der Waals surface area contributed by atoms with Gasteiger partial charge in [-0.15, -0.1) is 10.2 Å². The van der Waals surface area contributed by atoms with Crippen molar-refractivity contribution in [1.29, 1.82) is 0 Å². The molecule has 0 aliphatic rings. The Kier molecular flexibility index (Phi) is 5.39. The van der Waals surface area contributed by atoms with Gasteiger partial charge in [0.1, 0.15) is 0 Å². The Labute approximate surface area is 209 Å². The minimum atomic E-state index is -0.139. The zero-order valence-electron chi connectivity index (χ0n) is 18.6. The summed E-state index contributed by atoms with van der Waals surface area (Å²) in [6, 6.07) is 22.7. The van der Waals surface area contributed by atoms with Crippen LogP contribution >= 0.6 is 23.4 Å². The molecule has 0 N–H and O–H groups in total. The number of hydrogen-bond donors (Lipinski definition) is 0. The summed E-state index contributed by atoms with van der Waals surface area (Å²) in [5, 5.41) is 10.7. The van der Waals surface area contributed by atoms with E-state index in [-0.39, 0.29) is 5.56 Å². The number of hydrogen-bond acceptors (Lipinski definition) is 6. The maximum atomic E-state index is 13.4. The number of nitrogens with zero attached hydrogens (tertiary/aromatic N) is 5. The number of thioether (sulfide) groups is 1. The first-order chi connectivity index (χ1) is 17.1. The molecule has 6 aromatic rings. The molecule has 0 aliphatic heterocycles. The Hall–Kier alpha value is -3.88. The molecule has 9 heteroatoms. The molecule has 0 radical (unpaired) electrons. The van der Waals surface area contributed by atoms with Gasteiger partial charge in [0.25, 0.3) is 5.56 Å². The third-order valence-electron chi connectivity index (χ3n) is 5.67. The van der Waals surface area contributed by atoms with Gasteiger partial charge < -0.3 is 4.42 Å². The fourth-order valence-corrected chi connectivity index (χ4v) is 4.96. The third kappa shape index (κ3) is 3.90. The zero-order valence-corrected chi connectivity index (χ0v) is 20.1. The maximum absolute atomic E-state index is 13.4. The number of oxazole rings is 1. The molecule has 0 fully saturated rings. The number of fused-ring (bicyclic) bond motifs is 3. The largest absolute Gasteiger partial charge is 0.440 e. The summed E-state index contributed by atoms with van der Waals surface area (Å²) >= 11 is 7.54. The fourth-order valence-electron chi connectivity index (χ4n) is 3.98. The molecule has 0 aliphatic carbocycles. The average molecular weight is 500 g/mol. The topological polar surface area (TPSA) is 78.2 Å². The van der Waals surface area contributed by atoms with Gasteiger partial charge in [-0.2, -0.15) is 0 Å². The summed E-state index contributed by atoms with van der Waals surface area (Å²) < 4.78 is 9.45. The molecule has 3 aromatic heterocycles. The monoisotopic (exact) mass is 499 g/mol. The van der Waals surface area contributed by atoms with Crippen LogP contribution in [0.2, 0.25) is 5.02 Å². The molecule has 0 saturated heterocycles. The van der Waals surface area contributed by atoms with E-state index in [0.29, 0.717) is 38.7 Å². The van der Waals surface area contributed by atoms with Gasteiger partial charge in [0.2, 0.25) is 11.7 Å². The lowest BCUT2D eigenvalue weighted by Crippen LogP contribution is -2.21. The first-order valence-electron chi connectivity index (χ1n) is 10.9. The Bertz CT molecular complexity index is 1750. The van der Waals surface area contributed by atoms with Crippen molar-refractivity contribution in [1.82, 2.24) is 24.1 Å². The van der Waals surface area contributed by atoms with E-state index in [1.807, 2.05) is 84.1 Å². The van der Waals surface area contributed by atoms with Crippen molar-refractivity contribution in [3.05, 3.63) is 106 Å². The van der Waals surface area contributed by atoms with Gasteiger partial charge in [-0.25, -0.2) is 9.55 Å². The minimum Gasteiger partial charge on any atom is -0.440 e. The number of rotatable bonds is 5. The van der Waals surface area contributed by atoms with Crippen molar-refractivity contribution >= 4 is 40.0 Å². The molecule has 0 atom stereocenters. The molecule has 6 rings (SSSR count). The molecule has 0 amide bonds. The highest BCUT2D eigenvalue weighted by Crippen LogP contribution is 2.28. The third-order valence-corrected chi connectivity index (χ3v) is 6.82. The van der Waals surface area contributed by atoms with Crippen LogP contribution in [-0.4, -0.2) is 24.1 Å². The van der Waals surface area contributed by atoms with Crippen LogP contribution in [0.5, 0.6) is 0 Å². The lowest BCUT2D eigenvalue weighted by Gasteiger charge is -2.11. The molecule has 0 unspecified atom stereocenters. The highest BCUT2D eigenvalue weighted by atomic mass is 35.5. The van der Waals surface area contributed by atoms with E-state index in [4.69, 9.17) is 16.0 Å².